The molecule has 5 nitrogen and oxygen atoms in total. The molecule has 0 saturated carbocycles. The maximum atomic E-state index is 13.1. The van der Waals surface area contributed by atoms with Crippen molar-refractivity contribution in [2.75, 3.05) is 30.0 Å². The summed E-state index contributed by atoms with van der Waals surface area (Å²) in [6, 6.07) is 2.75. The minimum absolute atomic E-state index is 0.0203. The minimum Gasteiger partial charge on any atom is -0.384 e. The van der Waals surface area contributed by atoms with Gasteiger partial charge in [0.1, 0.15) is 16.5 Å². The van der Waals surface area contributed by atoms with Crippen LogP contribution in [0.4, 0.5) is 20.4 Å². The van der Waals surface area contributed by atoms with Crippen molar-refractivity contribution in [2.24, 2.45) is 0 Å². The second-order valence-electron chi connectivity index (χ2n) is 4.67. The fourth-order valence-electron chi connectivity index (χ4n) is 2.01. The maximum Gasteiger partial charge on any atom is 0.251 e. The third-order valence-electron chi connectivity index (χ3n) is 3.05. The second-order valence-corrected chi connectivity index (χ2v) is 6.66. The van der Waals surface area contributed by atoms with Crippen molar-refractivity contribution < 1.29 is 17.2 Å². The van der Waals surface area contributed by atoms with Crippen LogP contribution in [0.15, 0.2) is 17.0 Å². The quantitative estimate of drug-likeness (QED) is 0.889. The Morgan fingerprint density at radius 1 is 1.32 bits per heavy atom. The van der Waals surface area contributed by atoms with Gasteiger partial charge < -0.3 is 10.6 Å². The van der Waals surface area contributed by atoms with E-state index in [9.17, 15) is 17.2 Å². The molecule has 0 atom stereocenters. The molecular formula is C11H15F2N3O2S. The number of sulfone groups is 1. The van der Waals surface area contributed by atoms with Gasteiger partial charge in [-0.3, -0.25) is 0 Å². The van der Waals surface area contributed by atoms with E-state index in [4.69, 9.17) is 5.73 Å². The molecule has 19 heavy (non-hydrogen) atoms. The Kier molecular flexibility index (Phi) is 3.38. The summed E-state index contributed by atoms with van der Waals surface area (Å²) in [5, 5.41) is 0. The molecule has 106 valence electrons. The number of rotatable bonds is 2. The summed E-state index contributed by atoms with van der Waals surface area (Å²) in [5.41, 5.74) is 5.55. The van der Waals surface area contributed by atoms with Crippen molar-refractivity contribution in [1.82, 2.24) is 4.98 Å². The highest BCUT2D eigenvalue weighted by Gasteiger charge is 2.35. The maximum absolute atomic E-state index is 13.1. The van der Waals surface area contributed by atoms with Crippen molar-refractivity contribution in [2.45, 2.75) is 23.7 Å². The lowest BCUT2D eigenvalue weighted by atomic mass is 10.1. The topological polar surface area (TPSA) is 76.3 Å². The van der Waals surface area contributed by atoms with Gasteiger partial charge in [-0.25, -0.2) is 22.2 Å². The highest BCUT2D eigenvalue weighted by molar-refractivity contribution is 7.90. The van der Waals surface area contributed by atoms with Crippen LogP contribution in [0, 0.1) is 0 Å². The smallest absolute Gasteiger partial charge is 0.251 e. The number of hydrogen-bond acceptors (Lipinski definition) is 5. The fourth-order valence-corrected chi connectivity index (χ4v) is 2.83. The van der Waals surface area contributed by atoms with Gasteiger partial charge in [0.05, 0.1) is 0 Å². The van der Waals surface area contributed by atoms with Gasteiger partial charge >= 0.3 is 0 Å². The molecule has 0 unspecified atom stereocenters. The number of nitrogen functional groups attached to an aromatic ring is 1. The number of nitrogens with zero attached hydrogens (tertiary/aromatic N) is 2. The van der Waals surface area contributed by atoms with Crippen molar-refractivity contribution in [3.05, 3.63) is 12.1 Å². The molecule has 2 N–H and O–H groups in total. The summed E-state index contributed by atoms with van der Waals surface area (Å²) in [4.78, 5) is 5.56. The van der Waals surface area contributed by atoms with E-state index >= 15 is 0 Å². The molecule has 0 aromatic carbocycles. The Balaban J connectivity index is 2.37. The SMILES string of the molecule is CS(=O)(=O)c1ccc(N)nc1N1CCC(F)(F)CC1. The van der Waals surface area contributed by atoms with Crippen molar-refractivity contribution in [3.63, 3.8) is 0 Å². The molecule has 1 aliphatic heterocycles. The van der Waals surface area contributed by atoms with Gasteiger partial charge in [-0.2, -0.15) is 0 Å². The standard InChI is InChI=1S/C11H15F2N3O2S/c1-19(17,18)8-2-3-9(14)15-10(8)16-6-4-11(12,13)5-7-16/h2-3H,4-7H2,1H3,(H2,14,15). The van der Waals surface area contributed by atoms with Gasteiger partial charge in [0.2, 0.25) is 0 Å². The van der Waals surface area contributed by atoms with Crippen molar-refractivity contribution in [1.29, 1.82) is 0 Å². The third-order valence-corrected chi connectivity index (χ3v) is 4.17. The highest BCUT2D eigenvalue weighted by atomic mass is 32.2. The summed E-state index contributed by atoms with van der Waals surface area (Å²) in [6.07, 6.45) is 0.432. The summed E-state index contributed by atoms with van der Waals surface area (Å²) in [5.74, 6) is -2.36. The van der Waals surface area contributed by atoms with E-state index < -0.39 is 15.8 Å². The first-order valence-electron chi connectivity index (χ1n) is 5.78. The van der Waals surface area contributed by atoms with Gasteiger partial charge in [0.15, 0.2) is 9.84 Å². The number of nitrogens with two attached hydrogens (primary N) is 1. The highest BCUT2D eigenvalue weighted by Crippen LogP contribution is 2.32. The summed E-state index contributed by atoms with van der Waals surface area (Å²) < 4.78 is 49.6. The number of pyridine rings is 1. The molecule has 1 saturated heterocycles. The number of anilines is 2. The van der Waals surface area contributed by atoms with E-state index in [1.807, 2.05) is 0 Å². The molecular weight excluding hydrogens is 276 g/mol. The molecule has 0 radical (unpaired) electrons. The lowest BCUT2D eigenvalue weighted by Gasteiger charge is -2.33. The first kappa shape index (κ1) is 14.0. The van der Waals surface area contributed by atoms with Crippen LogP contribution in [0.25, 0.3) is 0 Å². The van der Waals surface area contributed by atoms with E-state index in [1.54, 1.807) is 4.90 Å². The van der Waals surface area contributed by atoms with Crippen LogP contribution in [0.3, 0.4) is 0 Å². The van der Waals surface area contributed by atoms with Crippen LogP contribution >= 0.6 is 0 Å². The van der Waals surface area contributed by atoms with Gasteiger partial charge in [-0.1, -0.05) is 0 Å². The number of alkyl halides is 2. The molecule has 1 fully saturated rings. The molecule has 8 heteroatoms. The summed E-state index contributed by atoms with van der Waals surface area (Å²) >= 11 is 0. The van der Waals surface area contributed by atoms with Gasteiger partial charge in [0.25, 0.3) is 5.92 Å². The van der Waals surface area contributed by atoms with Crippen LogP contribution in [0.2, 0.25) is 0 Å². The third kappa shape index (κ3) is 3.12. The number of hydrogen-bond donors (Lipinski definition) is 1. The molecule has 0 aliphatic carbocycles. The van der Waals surface area contributed by atoms with Gasteiger partial charge in [0, 0.05) is 32.2 Å². The molecule has 2 heterocycles. The van der Waals surface area contributed by atoms with Crippen molar-refractivity contribution >= 4 is 21.5 Å². The second kappa shape index (κ2) is 4.59. The van der Waals surface area contributed by atoms with E-state index in [1.165, 1.54) is 12.1 Å². The van der Waals surface area contributed by atoms with Crippen LogP contribution in [-0.2, 0) is 9.84 Å². The predicted octanol–water partition coefficient (Wildman–Crippen LogP) is 1.30. The molecule has 1 aliphatic rings. The van der Waals surface area contributed by atoms with Crippen LogP contribution in [0.1, 0.15) is 12.8 Å². The lowest BCUT2D eigenvalue weighted by Crippen LogP contribution is -2.40. The van der Waals surface area contributed by atoms with Crippen LogP contribution < -0.4 is 10.6 Å². The van der Waals surface area contributed by atoms with Gasteiger partial charge in [-0.05, 0) is 12.1 Å². The van der Waals surface area contributed by atoms with E-state index in [2.05, 4.69) is 4.98 Å². The monoisotopic (exact) mass is 291 g/mol. The predicted molar refractivity (Wildman–Crippen MR) is 68.2 cm³/mol. The fraction of sp³-hybridized carbons (Fsp3) is 0.545. The minimum atomic E-state index is -3.48. The van der Waals surface area contributed by atoms with Gasteiger partial charge in [-0.15, -0.1) is 0 Å². The Bertz CT molecular complexity index is 580. The first-order chi connectivity index (χ1) is 8.69. The largest absolute Gasteiger partial charge is 0.384 e. The summed E-state index contributed by atoms with van der Waals surface area (Å²) in [6.45, 7) is 0.123. The molecule has 2 rings (SSSR count). The van der Waals surface area contributed by atoms with Crippen LogP contribution in [0.5, 0.6) is 0 Å². The molecule has 1 aromatic rings. The van der Waals surface area contributed by atoms with E-state index in [-0.39, 0.29) is 42.5 Å². The molecule has 0 bridgehead atoms. The zero-order chi connectivity index (χ0) is 14.3. The Morgan fingerprint density at radius 3 is 2.42 bits per heavy atom. The average Bonchev–Trinajstić information content (AvgIpc) is 2.27. The number of aromatic nitrogens is 1. The lowest BCUT2D eigenvalue weighted by molar-refractivity contribution is -0.0222. The van der Waals surface area contributed by atoms with Crippen LogP contribution in [-0.4, -0.2) is 38.7 Å². The normalized spacial score (nSPS) is 19.4. The zero-order valence-electron chi connectivity index (χ0n) is 10.4. The first-order valence-corrected chi connectivity index (χ1v) is 7.67. The Labute approximate surface area is 110 Å². The van der Waals surface area contributed by atoms with Crippen molar-refractivity contribution in [3.8, 4) is 0 Å². The Morgan fingerprint density at radius 2 is 1.89 bits per heavy atom. The average molecular weight is 291 g/mol. The van der Waals surface area contributed by atoms with E-state index in [0.29, 0.717) is 0 Å². The zero-order valence-corrected chi connectivity index (χ0v) is 11.3. The number of piperidine rings is 1. The molecule has 0 spiro atoms. The number of halogens is 2. The molecule has 1 aromatic heterocycles. The molecule has 0 amide bonds. The Hall–Kier alpha value is -1.44. The van der Waals surface area contributed by atoms with E-state index in [0.717, 1.165) is 6.26 Å². The summed E-state index contributed by atoms with van der Waals surface area (Å²) in [7, 11) is -3.48.